The monoisotopic (exact) mass is 222 g/mol. The maximum Gasteiger partial charge on any atom is 0.199 e. The molecule has 0 fully saturated rings. The molecular formula is C10H7BrO. The average Bonchev–Trinajstić information content (AvgIpc) is 2.12. The molecule has 0 bridgehead atoms. The smallest absolute Gasteiger partial charge is 0.199 e. The van der Waals surface area contributed by atoms with Crippen molar-refractivity contribution >= 4 is 21.7 Å². The normalized spacial score (nSPS) is 15.4. The highest BCUT2D eigenvalue weighted by atomic mass is 79.9. The first-order chi connectivity index (χ1) is 5.79. The van der Waals surface area contributed by atoms with Crippen molar-refractivity contribution in [2.75, 3.05) is 0 Å². The second-order valence-corrected chi connectivity index (χ2v) is 3.60. The molecule has 1 aliphatic carbocycles. The maximum absolute atomic E-state index is 11.5. The highest BCUT2D eigenvalue weighted by molar-refractivity contribution is 9.12. The molecule has 0 aliphatic heterocycles. The number of rotatable bonds is 0. The van der Waals surface area contributed by atoms with Crippen molar-refractivity contribution in [1.82, 2.24) is 0 Å². The molecule has 1 aromatic rings. The van der Waals surface area contributed by atoms with Crippen molar-refractivity contribution in [3.05, 3.63) is 46.0 Å². The third kappa shape index (κ3) is 1.12. The molecule has 1 nitrogen and oxygen atoms in total. The summed E-state index contributed by atoms with van der Waals surface area (Å²) in [6, 6.07) is 7.70. The van der Waals surface area contributed by atoms with Gasteiger partial charge >= 0.3 is 0 Å². The van der Waals surface area contributed by atoms with Gasteiger partial charge in [-0.15, -0.1) is 0 Å². The lowest BCUT2D eigenvalue weighted by Crippen LogP contribution is -2.08. The van der Waals surface area contributed by atoms with Crippen molar-refractivity contribution in [3.63, 3.8) is 0 Å². The molecule has 2 rings (SSSR count). The molecule has 0 radical (unpaired) electrons. The van der Waals surface area contributed by atoms with Crippen LogP contribution >= 0.6 is 15.9 Å². The van der Waals surface area contributed by atoms with E-state index in [9.17, 15) is 4.79 Å². The minimum atomic E-state index is 0.0943. The number of Topliss-reactive ketones (excluding diaryl/α,β-unsaturated/α-hetero) is 1. The van der Waals surface area contributed by atoms with Gasteiger partial charge in [-0.25, -0.2) is 0 Å². The number of fused-ring (bicyclic) bond motifs is 1. The van der Waals surface area contributed by atoms with Crippen LogP contribution in [0.2, 0.25) is 0 Å². The molecule has 12 heavy (non-hydrogen) atoms. The molecule has 0 unspecified atom stereocenters. The third-order valence-electron chi connectivity index (χ3n) is 1.98. The third-order valence-corrected chi connectivity index (χ3v) is 2.66. The summed E-state index contributed by atoms with van der Waals surface area (Å²) in [6.45, 7) is 0. The first kappa shape index (κ1) is 7.74. The van der Waals surface area contributed by atoms with Gasteiger partial charge in [0.05, 0.1) is 4.48 Å². The van der Waals surface area contributed by atoms with Crippen LogP contribution in [-0.2, 0) is 6.42 Å². The Labute approximate surface area is 79.2 Å². The van der Waals surface area contributed by atoms with Crippen molar-refractivity contribution in [2.24, 2.45) is 0 Å². The van der Waals surface area contributed by atoms with Crippen LogP contribution in [0.5, 0.6) is 0 Å². The molecular weight excluding hydrogens is 216 g/mol. The summed E-state index contributed by atoms with van der Waals surface area (Å²) in [5.41, 5.74) is 1.94. The number of carbonyl (C=O) groups excluding carboxylic acids is 1. The summed E-state index contributed by atoms with van der Waals surface area (Å²) < 4.78 is 0.682. The zero-order chi connectivity index (χ0) is 8.55. The second kappa shape index (κ2) is 2.87. The predicted molar refractivity (Wildman–Crippen MR) is 51.5 cm³/mol. The second-order valence-electron chi connectivity index (χ2n) is 2.74. The Kier molecular flexibility index (Phi) is 1.85. The van der Waals surface area contributed by atoms with Gasteiger partial charge in [-0.3, -0.25) is 4.79 Å². The fourth-order valence-corrected chi connectivity index (χ4v) is 1.72. The maximum atomic E-state index is 11.5. The lowest BCUT2D eigenvalue weighted by atomic mass is 9.96. The Bertz CT molecular complexity index is 366. The van der Waals surface area contributed by atoms with E-state index in [0.717, 1.165) is 17.5 Å². The number of halogens is 1. The van der Waals surface area contributed by atoms with Crippen LogP contribution < -0.4 is 0 Å². The van der Waals surface area contributed by atoms with Crippen LogP contribution in [0.4, 0.5) is 0 Å². The predicted octanol–water partition coefficient (Wildman–Crippen LogP) is 2.70. The Morgan fingerprint density at radius 2 is 2.00 bits per heavy atom. The summed E-state index contributed by atoms with van der Waals surface area (Å²) in [4.78, 5) is 11.5. The largest absolute Gasteiger partial charge is 0.288 e. The summed E-state index contributed by atoms with van der Waals surface area (Å²) in [7, 11) is 0. The van der Waals surface area contributed by atoms with Gasteiger partial charge in [0, 0.05) is 5.56 Å². The van der Waals surface area contributed by atoms with E-state index in [1.54, 1.807) is 0 Å². The zero-order valence-corrected chi connectivity index (χ0v) is 7.97. The van der Waals surface area contributed by atoms with Crippen molar-refractivity contribution in [3.8, 4) is 0 Å². The van der Waals surface area contributed by atoms with Gasteiger partial charge in [-0.1, -0.05) is 30.3 Å². The van der Waals surface area contributed by atoms with Crippen LogP contribution in [0.25, 0.3) is 0 Å². The summed E-state index contributed by atoms with van der Waals surface area (Å²) in [6.07, 6.45) is 2.76. The molecule has 1 aromatic carbocycles. The van der Waals surface area contributed by atoms with Gasteiger partial charge in [-0.2, -0.15) is 0 Å². The molecule has 0 aromatic heterocycles. The minimum Gasteiger partial charge on any atom is -0.288 e. The van der Waals surface area contributed by atoms with Crippen molar-refractivity contribution in [1.29, 1.82) is 0 Å². The van der Waals surface area contributed by atoms with E-state index in [1.807, 2.05) is 30.3 Å². The van der Waals surface area contributed by atoms with E-state index < -0.39 is 0 Å². The minimum absolute atomic E-state index is 0.0943. The molecule has 60 valence electrons. The number of carbonyl (C=O) groups is 1. The SMILES string of the molecule is O=C1C(Br)=CCc2ccccc21. The fourth-order valence-electron chi connectivity index (χ4n) is 1.34. The highest BCUT2D eigenvalue weighted by Crippen LogP contribution is 2.23. The Balaban J connectivity index is 2.57. The molecule has 0 saturated carbocycles. The Hall–Kier alpha value is -0.890. The van der Waals surface area contributed by atoms with Crippen LogP contribution in [0.15, 0.2) is 34.8 Å². The van der Waals surface area contributed by atoms with Gasteiger partial charge in [0.2, 0.25) is 0 Å². The van der Waals surface area contributed by atoms with Gasteiger partial charge in [0.1, 0.15) is 0 Å². The van der Waals surface area contributed by atoms with Crippen LogP contribution in [0.3, 0.4) is 0 Å². The quantitative estimate of drug-likeness (QED) is 0.660. The fraction of sp³-hybridized carbons (Fsp3) is 0.100. The van der Waals surface area contributed by atoms with E-state index in [0.29, 0.717) is 4.48 Å². The molecule has 0 heterocycles. The van der Waals surface area contributed by atoms with Crippen LogP contribution in [0.1, 0.15) is 15.9 Å². The highest BCUT2D eigenvalue weighted by Gasteiger charge is 2.16. The number of allylic oxidation sites excluding steroid dienone is 2. The topological polar surface area (TPSA) is 17.1 Å². The molecule has 2 heteroatoms. The molecule has 0 atom stereocenters. The molecule has 0 N–H and O–H groups in total. The van der Waals surface area contributed by atoms with Gasteiger partial charge in [-0.05, 0) is 27.9 Å². The standard InChI is InChI=1S/C10H7BrO/c11-9-6-5-7-3-1-2-4-8(7)10(9)12/h1-4,6H,5H2. The lowest BCUT2D eigenvalue weighted by Gasteiger charge is -2.10. The van der Waals surface area contributed by atoms with E-state index in [2.05, 4.69) is 15.9 Å². The van der Waals surface area contributed by atoms with Crippen molar-refractivity contribution < 1.29 is 4.79 Å². The average molecular weight is 223 g/mol. The molecule has 0 saturated heterocycles. The van der Waals surface area contributed by atoms with Crippen molar-refractivity contribution in [2.45, 2.75) is 6.42 Å². The first-order valence-electron chi connectivity index (χ1n) is 3.77. The van der Waals surface area contributed by atoms with Gasteiger partial charge < -0.3 is 0 Å². The van der Waals surface area contributed by atoms with Gasteiger partial charge in [0.15, 0.2) is 5.78 Å². The van der Waals surface area contributed by atoms with E-state index in [4.69, 9.17) is 0 Å². The van der Waals surface area contributed by atoms with E-state index in [-0.39, 0.29) is 5.78 Å². The Morgan fingerprint density at radius 3 is 2.83 bits per heavy atom. The zero-order valence-electron chi connectivity index (χ0n) is 6.38. The van der Waals surface area contributed by atoms with Crippen LogP contribution in [-0.4, -0.2) is 5.78 Å². The lowest BCUT2D eigenvalue weighted by molar-refractivity contribution is 0.104. The summed E-state index contributed by atoms with van der Waals surface area (Å²) in [5.74, 6) is 0.0943. The van der Waals surface area contributed by atoms with Crippen LogP contribution in [0, 0.1) is 0 Å². The number of benzene rings is 1. The molecule has 1 aliphatic rings. The summed E-state index contributed by atoms with van der Waals surface area (Å²) >= 11 is 3.24. The molecule has 0 spiro atoms. The summed E-state index contributed by atoms with van der Waals surface area (Å²) in [5, 5.41) is 0. The van der Waals surface area contributed by atoms with Gasteiger partial charge in [0.25, 0.3) is 0 Å². The van der Waals surface area contributed by atoms with E-state index >= 15 is 0 Å². The number of hydrogen-bond acceptors (Lipinski definition) is 1. The van der Waals surface area contributed by atoms with E-state index in [1.165, 1.54) is 0 Å². The first-order valence-corrected chi connectivity index (χ1v) is 4.56. The number of ketones is 1. The molecule has 0 amide bonds. The number of hydrogen-bond donors (Lipinski definition) is 0. The Morgan fingerprint density at radius 1 is 1.25 bits per heavy atom.